The summed E-state index contributed by atoms with van der Waals surface area (Å²) in [5.74, 6) is -1.24. The van der Waals surface area contributed by atoms with Gasteiger partial charge >= 0.3 is 0 Å². The number of rotatable bonds is 10. The van der Waals surface area contributed by atoms with E-state index in [2.05, 4.69) is 5.32 Å². The third kappa shape index (κ3) is 7.27. The smallest absolute Gasteiger partial charge is 0.244 e. The predicted molar refractivity (Wildman–Crippen MR) is 135 cm³/mol. The van der Waals surface area contributed by atoms with Crippen molar-refractivity contribution >= 4 is 27.5 Å². The van der Waals surface area contributed by atoms with Crippen LogP contribution in [0, 0.1) is 12.7 Å². The van der Waals surface area contributed by atoms with Gasteiger partial charge in [0.2, 0.25) is 21.8 Å². The van der Waals surface area contributed by atoms with Crippen LogP contribution in [0.15, 0.2) is 48.5 Å². The molecule has 190 valence electrons. The fraction of sp³-hybridized carbons (Fsp3) is 0.462. The van der Waals surface area contributed by atoms with Gasteiger partial charge in [-0.2, -0.15) is 0 Å². The highest BCUT2D eigenvalue weighted by Crippen LogP contribution is 2.22. The lowest BCUT2D eigenvalue weighted by Crippen LogP contribution is -2.53. The maximum atomic E-state index is 13.6. The summed E-state index contributed by atoms with van der Waals surface area (Å²) in [6.07, 6.45) is 5.34. The molecule has 0 aliphatic heterocycles. The van der Waals surface area contributed by atoms with Crippen LogP contribution in [0.2, 0.25) is 0 Å². The lowest BCUT2D eigenvalue weighted by molar-refractivity contribution is -0.140. The van der Waals surface area contributed by atoms with Gasteiger partial charge < -0.3 is 10.2 Å². The molecule has 1 atom stereocenters. The summed E-state index contributed by atoms with van der Waals surface area (Å²) in [6.45, 7) is 3.45. The topological polar surface area (TPSA) is 86.8 Å². The van der Waals surface area contributed by atoms with Crippen molar-refractivity contribution < 1.29 is 22.4 Å². The number of nitrogens with one attached hydrogen (secondary N) is 1. The minimum absolute atomic E-state index is 0.0965. The monoisotopic (exact) mass is 503 g/mol. The third-order valence-corrected chi connectivity index (χ3v) is 7.46. The van der Waals surface area contributed by atoms with E-state index >= 15 is 0 Å². The van der Waals surface area contributed by atoms with Crippen LogP contribution in [-0.2, 0) is 26.2 Å². The molecule has 0 heterocycles. The standard InChI is InChI=1S/C26H34FN3O4S/c1-4-24(26(32)28-22-10-5-6-11-22)29(17-20-9-7-8-19(2)16-20)25(31)18-30(35(3,33)34)23-14-12-21(27)13-15-23/h7-9,12-16,22,24H,4-6,10-11,17-18H2,1-3H3,(H,28,32)/t24-/m0/s1. The first-order chi connectivity index (χ1) is 16.6. The molecule has 1 aliphatic rings. The summed E-state index contributed by atoms with van der Waals surface area (Å²) in [7, 11) is -3.85. The van der Waals surface area contributed by atoms with E-state index in [-0.39, 0.29) is 24.2 Å². The molecule has 3 rings (SSSR count). The molecule has 1 aliphatic carbocycles. The van der Waals surface area contributed by atoms with E-state index in [0.29, 0.717) is 6.42 Å². The summed E-state index contributed by atoms with van der Waals surface area (Å²) in [6, 6.07) is 11.9. The Labute approximate surface area is 207 Å². The number of halogens is 1. The van der Waals surface area contributed by atoms with E-state index < -0.39 is 34.3 Å². The van der Waals surface area contributed by atoms with Crippen molar-refractivity contribution in [2.75, 3.05) is 17.1 Å². The molecule has 2 amide bonds. The normalized spacial score (nSPS) is 15.0. The lowest BCUT2D eigenvalue weighted by Gasteiger charge is -2.33. The Hall–Kier alpha value is -2.94. The van der Waals surface area contributed by atoms with Crippen LogP contribution < -0.4 is 9.62 Å². The highest BCUT2D eigenvalue weighted by Gasteiger charge is 2.33. The number of amides is 2. The number of anilines is 1. The Morgan fingerprint density at radius 1 is 1.11 bits per heavy atom. The van der Waals surface area contributed by atoms with Crippen molar-refractivity contribution in [2.24, 2.45) is 0 Å². The molecule has 1 N–H and O–H groups in total. The van der Waals surface area contributed by atoms with E-state index in [1.54, 1.807) is 0 Å². The van der Waals surface area contributed by atoms with Gasteiger partial charge in [0.15, 0.2) is 0 Å². The number of benzene rings is 2. The van der Waals surface area contributed by atoms with Crippen molar-refractivity contribution in [1.82, 2.24) is 10.2 Å². The summed E-state index contributed by atoms with van der Waals surface area (Å²) < 4.78 is 39.5. The van der Waals surface area contributed by atoms with E-state index in [4.69, 9.17) is 0 Å². The van der Waals surface area contributed by atoms with Gasteiger partial charge in [-0.3, -0.25) is 13.9 Å². The molecule has 2 aromatic rings. The molecule has 1 fully saturated rings. The second-order valence-electron chi connectivity index (χ2n) is 9.17. The van der Waals surface area contributed by atoms with Crippen LogP contribution in [0.4, 0.5) is 10.1 Å². The van der Waals surface area contributed by atoms with Crippen molar-refractivity contribution in [3.63, 3.8) is 0 Å². The van der Waals surface area contributed by atoms with Crippen LogP contribution in [0.3, 0.4) is 0 Å². The molecule has 35 heavy (non-hydrogen) atoms. The fourth-order valence-electron chi connectivity index (χ4n) is 4.52. The molecule has 9 heteroatoms. The second kappa shape index (κ2) is 11.7. The van der Waals surface area contributed by atoms with E-state index in [0.717, 1.165) is 59.5 Å². The SMILES string of the molecule is CC[C@@H](C(=O)NC1CCCC1)N(Cc1cccc(C)c1)C(=O)CN(c1ccc(F)cc1)S(C)(=O)=O. The minimum Gasteiger partial charge on any atom is -0.352 e. The van der Waals surface area contributed by atoms with E-state index in [1.807, 2.05) is 38.1 Å². The first-order valence-electron chi connectivity index (χ1n) is 12.0. The van der Waals surface area contributed by atoms with Gasteiger partial charge in [-0.15, -0.1) is 0 Å². The summed E-state index contributed by atoms with van der Waals surface area (Å²) >= 11 is 0. The molecule has 0 saturated heterocycles. The number of nitrogens with zero attached hydrogens (tertiary/aromatic N) is 2. The Kier molecular flexibility index (Phi) is 8.88. The van der Waals surface area contributed by atoms with Crippen molar-refractivity contribution in [3.8, 4) is 0 Å². The minimum atomic E-state index is -3.85. The molecule has 0 bridgehead atoms. The van der Waals surface area contributed by atoms with Crippen molar-refractivity contribution in [1.29, 1.82) is 0 Å². The second-order valence-corrected chi connectivity index (χ2v) is 11.1. The number of aryl methyl sites for hydroxylation is 1. The molecular weight excluding hydrogens is 469 g/mol. The van der Waals surface area contributed by atoms with Crippen molar-refractivity contribution in [3.05, 3.63) is 65.5 Å². The summed E-state index contributed by atoms with van der Waals surface area (Å²) in [4.78, 5) is 28.3. The summed E-state index contributed by atoms with van der Waals surface area (Å²) in [5.41, 5.74) is 2.04. The molecule has 0 aromatic heterocycles. The Morgan fingerprint density at radius 2 is 1.77 bits per heavy atom. The zero-order valence-corrected chi connectivity index (χ0v) is 21.4. The molecule has 0 spiro atoms. The van der Waals surface area contributed by atoms with Gasteiger partial charge in [-0.1, -0.05) is 49.6 Å². The quantitative estimate of drug-likeness (QED) is 0.535. The van der Waals surface area contributed by atoms with E-state index in [9.17, 15) is 22.4 Å². The van der Waals surface area contributed by atoms with Gasteiger partial charge in [0.05, 0.1) is 11.9 Å². The van der Waals surface area contributed by atoms with Gasteiger partial charge in [0.1, 0.15) is 18.4 Å². The number of carbonyl (C=O) groups excluding carboxylic acids is 2. The van der Waals surface area contributed by atoms with Gasteiger partial charge in [-0.25, -0.2) is 12.8 Å². The van der Waals surface area contributed by atoms with Crippen LogP contribution >= 0.6 is 0 Å². The molecule has 2 aromatic carbocycles. The van der Waals surface area contributed by atoms with Gasteiger partial charge in [-0.05, 0) is 56.0 Å². The van der Waals surface area contributed by atoms with Crippen LogP contribution in [0.1, 0.15) is 50.2 Å². The van der Waals surface area contributed by atoms with Crippen molar-refractivity contribution in [2.45, 2.75) is 64.6 Å². The highest BCUT2D eigenvalue weighted by atomic mass is 32.2. The Morgan fingerprint density at radius 3 is 2.34 bits per heavy atom. The lowest BCUT2D eigenvalue weighted by atomic mass is 10.1. The zero-order chi connectivity index (χ0) is 25.6. The number of hydrogen-bond donors (Lipinski definition) is 1. The zero-order valence-electron chi connectivity index (χ0n) is 20.5. The number of hydrogen-bond acceptors (Lipinski definition) is 4. The number of sulfonamides is 1. The molecular formula is C26H34FN3O4S. The van der Waals surface area contributed by atoms with Gasteiger partial charge in [0.25, 0.3) is 0 Å². The average molecular weight is 504 g/mol. The first kappa shape index (κ1) is 26.7. The Balaban J connectivity index is 1.91. The fourth-order valence-corrected chi connectivity index (χ4v) is 5.36. The largest absolute Gasteiger partial charge is 0.352 e. The number of carbonyl (C=O) groups is 2. The van der Waals surface area contributed by atoms with E-state index in [1.165, 1.54) is 17.0 Å². The van der Waals surface area contributed by atoms with Crippen LogP contribution in [0.25, 0.3) is 0 Å². The molecule has 0 radical (unpaired) electrons. The summed E-state index contributed by atoms with van der Waals surface area (Å²) in [5, 5.41) is 3.08. The maximum Gasteiger partial charge on any atom is 0.244 e. The first-order valence-corrected chi connectivity index (χ1v) is 13.8. The average Bonchev–Trinajstić information content (AvgIpc) is 3.30. The highest BCUT2D eigenvalue weighted by molar-refractivity contribution is 7.92. The maximum absolute atomic E-state index is 13.6. The third-order valence-electron chi connectivity index (χ3n) is 6.32. The van der Waals surface area contributed by atoms with Crippen LogP contribution in [0.5, 0.6) is 0 Å². The van der Waals surface area contributed by atoms with Gasteiger partial charge in [0, 0.05) is 12.6 Å². The molecule has 0 unspecified atom stereocenters. The predicted octanol–water partition coefficient (Wildman–Crippen LogP) is 3.77. The Bertz CT molecular complexity index is 1130. The molecule has 1 saturated carbocycles. The van der Waals surface area contributed by atoms with Crippen LogP contribution in [-0.4, -0.2) is 50.0 Å². The molecule has 7 nitrogen and oxygen atoms in total.